The van der Waals surface area contributed by atoms with Crippen LogP contribution in [0.3, 0.4) is 0 Å². The van der Waals surface area contributed by atoms with E-state index in [0.717, 1.165) is 11.1 Å². The van der Waals surface area contributed by atoms with Gasteiger partial charge in [0.25, 0.3) is 0 Å². The minimum absolute atomic E-state index is 0.300. The predicted octanol–water partition coefficient (Wildman–Crippen LogP) is 3.31. The van der Waals surface area contributed by atoms with E-state index in [1.165, 1.54) is 4.90 Å². The van der Waals surface area contributed by atoms with Gasteiger partial charge in [-0.15, -0.1) is 0 Å². The third-order valence-corrected chi connectivity index (χ3v) is 6.52. The molecule has 0 spiro atoms. The number of hydrogen-bond acceptors (Lipinski definition) is 5. The van der Waals surface area contributed by atoms with E-state index in [0.29, 0.717) is 16.4 Å². The fourth-order valence-electron chi connectivity index (χ4n) is 4.88. The maximum absolute atomic E-state index is 13.6. The van der Waals surface area contributed by atoms with Gasteiger partial charge >= 0.3 is 0 Å². The highest BCUT2D eigenvalue weighted by Crippen LogP contribution is 2.46. The Kier molecular flexibility index (Phi) is 4.86. The van der Waals surface area contributed by atoms with Gasteiger partial charge in [-0.3, -0.25) is 19.4 Å². The number of carbonyl (C=O) groups is 3. The first-order valence-corrected chi connectivity index (χ1v) is 10.8. The van der Waals surface area contributed by atoms with E-state index in [1.807, 2.05) is 32.1 Å². The molecule has 0 aromatic heterocycles. The summed E-state index contributed by atoms with van der Waals surface area (Å²) in [5.41, 5.74) is 3.00. The molecule has 0 radical (unpaired) electrons. The summed E-state index contributed by atoms with van der Waals surface area (Å²) in [4.78, 5) is 41.7. The number of nitrogens with one attached hydrogen (secondary N) is 1. The lowest BCUT2D eigenvalue weighted by Gasteiger charge is -2.30. The molecule has 3 amide bonds. The molecule has 2 aromatic carbocycles. The summed E-state index contributed by atoms with van der Waals surface area (Å²) in [5, 5.41) is 9.32. The molecule has 162 valence electrons. The highest BCUT2D eigenvalue weighted by molar-refractivity contribution is 6.30. The summed E-state index contributed by atoms with van der Waals surface area (Å²) in [5.74, 6) is -2.58. The van der Waals surface area contributed by atoms with Gasteiger partial charge in [0.15, 0.2) is 0 Å². The summed E-state index contributed by atoms with van der Waals surface area (Å²) in [6.07, 6.45) is 5.14. The molecular weight excluding hydrogens is 428 g/mol. The van der Waals surface area contributed by atoms with Gasteiger partial charge in [0.05, 0.1) is 23.6 Å². The highest BCUT2D eigenvalue weighted by atomic mass is 35.5. The number of rotatable bonds is 3. The number of anilines is 2. The van der Waals surface area contributed by atoms with Crippen molar-refractivity contribution in [2.75, 3.05) is 10.2 Å². The molecule has 32 heavy (non-hydrogen) atoms. The van der Waals surface area contributed by atoms with E-state index in [2.05, 4.69) is 10.4 Å². The topological polar surface area (TPSA) is 82.1 Å². The van der Waals surface area contributed by atoms with E-state index in [4.69, 9.17) is 11.6 Å². The van der Waals surface area contributed by atoms with Gasteiger partial charge in [0.2, 0.25) is 17.7 Å². The Morgan fingerprint density at radius 3 is 2.47 bits per heavy atom. The molecule has 0 bridgehead atoms. The molecule has 0 aliphatic carbocycles. The Morgan fingerprint density at radius 2 is 1.75 bits per heavy atom. The van der Waals surface area contributed by atoms with Gasteiger partial charge in [-0.1, -0.05) is 35.4 Å². The zero-order valence-corrected chi connectivity index (χ0v) is 18.3. The monoisotopic (exact) mass is 448 g/mol. The minimum atomic E-state index is -0.908. The maximum Gasteiger partial charge on any atom is 0.249 e. The molecular formula is C24H21ClN4O3. The van der Waals surface area contributed by atoms with Crippen molar-refractivity contribution in [2.45, 2.75) is 25.9 Å². The van der Waals surface area contributed by atoms with E-state index in [-0.39, 0.29) is 17.7 Å². The molecule has 1 N–H and O–H groups in total. The largest absolute Gasteiger partial charge is 0.324 e. The molecule has 5 rings (SSSR count). The first-order valence-electron chi connectivity index (χ1n) is 10.4. The highest BCUT2D eigenvalue weighted by Gasteiger charge is 2.64. The standard InChI is InChI=1S/C24H21ClN4O3/c1-13-5-10-17(14(2)12-13)28-23(31)19-18-4-3-11-26-29(18)21(20(19)24(28)32)22(30)27-16-8-6-15(25)7-9-16/h3-12,18-21H,1-2H3,(H,27,30). The number of aryl methyl sites for hydroxylation is 2. The van der Waals surface area contributed by atoms with Gasteiger partial charge < -0.3 is 5.32 Å². The summed E-state index contributed by atoms with van der Waals surface area (Å²) < 4.78 is 0. The van der Waals surface area contributed by atoms with Crippen LogP contribution >= 0.6 is 11.6 Å². The zero-order valence-electron chi connectivity index (χ0n) is 17.5. The fraction of sp³-hybridized carbons (Fsp3) is 0.250. The van der Waals surface area contributed by atoms with Crippen molar-refractivity contribution in [1.82, 2.24) is 5.01 Å². The van der Waals surface area contributed by atoms with Crippen molar-refractivity contribution < 1.29 is 14.4 Å². The summed E-state index contributed by atoms with van der Waals surface area (Å²) in [7, 11) is 0. The quantitative estimate of drug-likeness (QED) is 0.730. The Bertz CT molecular complexity index is 1190. The number of amides is 3. The van der Waals surface area contributed by atoms with E-state index in [9.17, 15) is 14.4 Å². The number of benzene rings is 2. The van der Waals surface area contributed by atoms with E-state index < -0.39 is 23.9 Å². The molecule has 3 aliphatic heterocycles. The number of hydrogen-bond donors (Lipinski definition) is 1. The lowest BCUT2D eigenvalue weighted by atomic mass is 9.88. The molecule has 2 aromatic rings. The SMILES string of the molecule is Cc1ccc(N2C(=O)C3C(C2=O)C(C(=O)Nc2ccc(Cl)cc2)N2N=CC=CC32)c(C)c1. The molecule has 3 heterocycles. The van der Waals surface area contributed by atoms with Crippen molar-refractivity contribution in [3.05, 3.63) is 70.8 Å². The van der Waals surface area contributed by atoms with Crippen LogP contribution < -0.4 is 10.2 Å². The van der Waals surface area contributed by atoms with Crippen molar-refractivity contribution in [2.24, 2.45) is 16.9 Å². The molecule has 2 fully saturated rings. The second-order valence-electron chi connectivity index (χ2n) is 8.31. The third kappa shape index (κ3) is 3.12. The smallest absolute Gasteiger partial charge is 0.249 e. The second-order valence-corrected chi connectivity index (χ2v) is 8.75. The van der Waals surface area contributed by atoms with Crippen molar-refractivity contribution in [3.63, 3.8) is 0 Å². The number of carbonyl (C=O) groups excluding carboxylic acids is 3. The lowest BCUT2D eigenvalue weighted by Crippen LogP contribution is -2.47. The molecule has 4 unspecified atom stereocenters. The first kappa shape index (κ1) is 20.5. The van der Waals surface area contributed by atoms with E-state index in [1.54, 1.807) is 47.6 Å². The number of nitrogens with zero attached hydrogens (tertiary/aromatic N) is 3. The Hall–Kier alpha value is -3.45. The van der Waals surface area contributed by atoms with Gasteiger partial charge in [-0.25, -0.2) is 4.90 Å². The molecule has 3 aliphatic rings. The molecule has 0 saturated carbocycles. The molecule has 8 heteroatoms. The average molecular weight is 449 g/mol. The van der Waals surface area contributed by atoms with Crippen LogP contribution in [0.1, 0.15) is 11.1 Å². The van der Waals surface area contributed by atoms with Crippen LogP contribution in [0, 0.1) is 25.7 Å². The van der Waals surface area contributed by atoms with Crippen molar-refractivity contribution in [3.8, 4) is 0 Å². The Morgan fingerprint density at radius 1 is 1.03 bits per heavy atom. The number of hydrazone groups is 1. The zero-order chi connectivity index (χ0) is 22.6. The molecule has 7 nitrogen and oxygen atoms in total. The minimum Gasteiger partial charge on any atom is -0.324 e. The summed E-state index contributed by atoms with van der Waals surface area (Å²) in [6, 6.07) is 10.9. The van der Waals surface area contributed by atoms with Gasteiger partial charge in [0, 0.05) is 16.9 Å². The number of fused-ring (bicyclic) bond motifs is 3. The number of allylic oxidation sites excluding steroid dienone is 1. The molecule has 4 atom stereocenters. The summed E-state index contributed by atoms with van der Waals surface area (Å²) in [6.45, 7) is 3.83. The van der Waals surface area contributed by atoms with Crippen molar-refractivity contribution in [1.29, 1.82) is 0 Å². The van der Waals surface area contributed by atoms with Crippen LogP contribution in [0.15, 0.2) is 59.7 Å². The van der Waals surface area contributed by atoms with Crippen LogP contribution in [0.4, 0.5) is 11.4 Å². The third-order valence-electron chi connectivity index (χ3n) is 6.26. The van der Waals surface area contributed by atoms with Gasteiger partial charge in [-0.05, 0) is 55.8 Å². The second kappa shape index (κ2) is 7.60. The Labute approximate surface area is 190 Å². The summed E-state index contributed by atoms with van der Waals surface area (Å²) >= 11 is 5.94. The van der Waals surface area contributed by atoms with Crippen LogP contribution in [-0.4, -0.2) is 41.0 Å². The normalized spacial score (nSPS) is 25.8. The maximum atomic E-state index is 13.6. The number of halogens is 1. The van der Waals surface area contributed by atoms with Crippen LogP contribution in [0.5, 0.6) is 0 Å². The van der Waals surface area contributed by atoms with Crippen LogP contribution in [0.2, 0.25) is 5.02 Å². The van der Waals surface area contributed by atoms with Crippen LogP contribution in [0.25, 0.3) is 0 Å². The molecule has 2 saturated heterocycles. The predicted molar refractivity (Wildman–Crippen MR) is 123 cm³/mol. The fourth-order valence-corrected chi connectivity index (χ4v) is 5.01. The van der Waals surface area contributed by atoms with Crippen LogP contribution in [-0.2, 0) is 14.4 Å². The van der Waals surface area contributed by atoms with Crippen molar-refractivity contribution >= 4 is 46.9 Å². The lowest BCUT2D eigenvalue weighted by molar-refractivity contribution is -0.129. The average Bonchev–Trinajstić information content (AvgIpc) is 3.23. The Balaban J connectivity index is 1.52. The van der Waals surface area contributed by atoms with Gasteiger partial charge in [-0.2, -0.15) is 5.10 Å². The first-order chi connectivity index (χ1) is 15.4. The van der Waals surface area contributed by atoms with E-state index >= 15 is 0 Å². The van der Waals surface area contributed by atoms with Gasteiger partial charge in [0.1, 0.15) is 6.04 Å². The number of imide groups is 1.